The molecule has 0 unspecified atom stereocenters. The van der Waals surface area contributed by atoms with Crippen molar-refractivity contribution in [2.24, 2.45) is 0 Å². The molecule has 0 radical (unpaired) electrons. The number of amides is 1. The average molecular weight is 391 g/mol. The van der Waals surface area contributed by atoms with Gasteiger partial charge in [-0.05, 0) is 43.2 Å². The molecule has 1 fully saturated rings. The van der Waals surface area contributed by atoms with Crippen LogP contribution in [0, 0.1) is 0 Å². The highest BCUT2D eigenvalue weighted by atomic mass is 16.7. The SMILES string of the molecule is O=C(COc1cccc2ccc(N3CCCC3)nc12)Nc1ccc2c(c1)OCO2. The van der Waals surface area contributed by atoms with E-state index in [-0.39, 0.29) is 19.3 Å². The Morgan fingerprint density at radius 1 is 1.07 bits per heavy atom. The molecule has 2 aliphatic heterocycles. The van der Waals surface area contributed by atoms with Crippen molar-refractivity contribution in [3.05, 3.63) is 48.5 Å². The van der Waals surface area contributed by atoms with Gasteiger partial charge in [-0.1, -0.05) is 12.1 Å². The maximum Gasteiger partial charge on any atom is 0.262 e. The fraction of sp³-hybridized carbons (Fsp3) is 0.273. The van der Waals surface area contributed by atoms with Crippen molar-refractivity contribution >= 4 is 28.3 Å². The summed E-state index contributed by atoms with van der Waals surface area (Å²) in [5.74, 6) is 2.60. The fourth-order valence-corrected chi connectivity index (χ4v) is 3.66. The smallest absolute Gasteiger partial charge is 0.262 e. The molecule has 7 heteroatoms. The molecule has 2 aromatic carbocycles. The summed E-state index contributed by atoms with van der Waals surface area (Å²) in [4.78, 5) is 19.4. The number of carbonyl (C=O) groups excluding carboxylic acids is 1. The molecule has 2 aliphatic rings. The van der Waals surface area contributed by atoms with Crippen molar-refractivity contribution in [3.8, 4) is 17.2 Å². The van der Waals surface area contributed by atoms with Gasteiger partial charge < -0.3 is 24.4 Å². The molecule has 3 heterocycles. The van der Waals surface area contributed by atoms with Gasteiger partial charge in [0.05, 0.1) is 0 Å². The molecular formula is C22H21N3O4. The standard InChI is InChI=1S/C22H21N3O4/c26-21(23-16-7-8-17-19(12-16)29-14-28-17)13-27-18-5-3-4-15-6-9-20(24-22(15)18)25-10-1-2-11-25/h3-9,12H,1-2,10-11,13-14H2,(H,23,26). The highest BCUT2D eigenvalue weighted by molar-refractivity contribution is 5.93. The van der Waals surface area contributed by atoms with E-state index in [2.05, 4.69) is 16.3 Å². The van der Waals surface area contributed by atoms with Crippen LogP contribution in [0.2, 0.25) is 0 Å². The Balaban J connectivity index is 1.29. The first-order chi connectivity index (χ1) is 14.3. The molecule has 1 N–H and O–H groups in total. The number of hydrogen-bond acceptors (Lipinski definition) is 6. The van der Waals surface area contributed by atoms with Crippen LogP contribution in [-0.4, -0.2) is 37.4 Å². The van der Waals surface area contributed by atoms with E-state index in [1.807, 2.05) is 24.3 Å². The summed E-state index contributed by atoms with van der Waals surface area (Å²) < 4.78 is 16.4. The zero-order chi connectivity index (χ0) is 19.6. The molecule has 1 saturated heterocycles. The lowest BCUT2D eigenvalue weighted by molar-refractivity contribution is -0.118. The van der Waals surface area contributed by atoms with E-state index in [9.17, 15) is 4.79 Å². The van der Waals surface area contributed by atoms with Crippen LogP contribution in [0.15, 0.2) is 48.5 Å². The molecule has 0 bridgehead atoms. The molecule has 1 amide bonds. The van der Waals surface area contributed by atoms with Crippen LogP contribution in [-0.2, 0) is 4.79 Å². The van der Waals surface area contributed by atoms with Crippen LogP contribution in [0.4, 0.5) is 11.5 Å². The zero-order valence-corrected chi connectivity index (χ0v) is 15.9. The van der Waals surface area contributed by atoms with E-state index in [0.717, 1.165) is 29.8 Å². The van der Waals surface area contributed by atoms with E-state index in [4.69, 9.17) is 19.2 Å². The Morgan fingerprint density at radius 2 is 1.93 bits per heavy atom. The number of nitrogens with zero attached hydrogens (tertiary/aromatic N) is 2. The summed E-state index contributed by atoms with van der Waals surface area (Å²) in [5, 5.41) is 3.81. The zero-order valence-electron chi connectivity index (χ0n) is 15.9. The van der Waals surface area contributed by atoms with Crippen molar-refractivity contribution in [1.29, 1.82) is 0 Å². The van der Waals surface area contributed by atoms with Gasteiger partial charge in [-0.2, -0.15) is 0 Å². The molecular weight excluding hydrogens is 370 g/mol. The first kappa shape index (κ1) is 17.6. The minimum Gasteiger partial charge on any atom is -0.481 e. The highest BCUT2D eigenvalue weighted by Crippen LogP contribution is 2.34. The number of para-hydroxylation sites is 1. The van der Waals surface area contributed by atoms with Crippen LogP contribution >= 0.6 is 0 Å². The summed E-state index contributed by atoms with van der Waals surface area (Å²) in [7, 11) is 0. The molecule has 1 aromatic heterocycles. The Morgan fingerprint density at radius 3 is 2.83 bits per heavy atom. The monoisotopic (exact) mass is 391 g/mol. The summed E-state index contributed by atoms with van der Waals surface area (Å²) in [6.45, 7) is 2.14. The largest absolute Gasteiger partial charge is 0.481 e. The maximum absolute atomic E-state index is 12.4. The number of benzene rings is 2. The lowest BCUT2D eigenvalue weighted by Gasteiger charge is -2.17. The van der Waals surface area contributed by atoms with Gasteiger partial charge in [0.15, 0.2) is 18.1 Å². The quantitative estimate of drug-likeness (QED) is 0.717. The van der Waals surface area contributed by atoms with Crippen molar-refractivity contribution in [3.63, 3.8) is 0 Å². The van der Waals surface area contributed by atoms with Gasteiger partial charge in [0.1, 0.15) is 17.1 Å². The highest BCUT2D eigenvalue weighted by Gasteiger charge is 2.16. The van der Waals surface area contributed by atoms with E-state index < -0.39 is 0 Å². The summed E-state index contributed by atoms with van der Waals surface area (Å²) in [6.07, 6.45) is 2.38. The van der Waals surface area contributed by atoms with Crippen LogP contribution in [0.3, 0.4) is 0 Å². The molecule has 29 heavy (non-hydrogen) atoms. The van der Waals surface area contributed by atoms with Gasteiger partial charge in [0.25, 0.3) is 5.91 Å². The van der Waals surface area contributed by atoms with Crippen molar-refractivity contribution < 1.29 is 19.0 Å². The molecule has 0 atom stereocenters. The molecule has 0 aliphatic carbocycles. The third-order valence-corrected chi connectivity index (χ3v) is 5.11. The minimum atomic E-state index is -0.253. The first-order valence-corrected chi connectivity index (χ1v) is 9.73. The molecule has 0 spiro atoms. The predicted molar refractivity (Wildman–Crippen MR) is 110 cm³/mol. The third kappa shape index (κ3) is 3.63. The van der Waals surface area contributed by atoms with Crippen LogP contribution in [0.5, 0.6) is 17.2 Å². The summed E-state index contributed by atoms with van der Waals surface area (Å²) in [5.41, 5.74) is 1.41. The van der Waals surface area contributed by atoms with Crippen LogP contribution in [0.1, 0.15) is 12.8 Å². The Labute approximate surface area is 168 Å². The number of ether oxygens (including phenoxy) is 3. The molecule has 0 saturated carbocycles. The third-order valence-electron chi connectivity index (χ3n) is 5.11. The summed E-state index contributed by atoms with van der Waals surface area (Å²) in [6, 6.07) is 15.1. The number of rotatable bonds is 5. The van der Waals surface area contributed by atoms with E-state index in [1.165, 1.54) is 12.8 Å². The molecule has 3 aromatic rings. The number of carbonyl (C=O) groups is 1. The number of pyridine rings is 1. The second-order valence-corrected chi connectivity index (χ2v) is 7.10. The second-order valence-electron chi connectivity index (χ2n) is 7.10. The van der Waals surface area contributed by atoms with Crippen molar-refractivity contribution in [2.75, 3.05) is 36.7 Å². The van der Waals surface area contributed by atoms with Gasteiger partial charge in [0, 0.05) is 30.2 Å². The normalized spacial score (nSPS) is 15.0. The maximum atomic E-state index is 12.4. The Hall–Kier alpha value is -3.48. The predicted octanol–water partition coefficient (Wildman–Crippen LogP) is 3.58. The van der Waals surface area contributed by atoms with E-state index >= 15 is 0 Å². The molecule has 5 rings (SSSR count). The lowest BCUT2D eigenvalue weighted by Crippen LogP contribution is -2.20. The molecule has 148 valence electrons. The summed E-state index contributed by atoms with van der Waals surface area (Å²) >= 11 is 0. The van der Waals surface area contributed by atoms with Crippen LogP contribution in [0.25, 0.3) is 10.9 Å². The number of anilines is 2. The van der Waals surface area contributed by atoms with Gasteiger partial charge in [-0.15, -0.1) is 0 Å². The number of nitrogens with one attached hydrogen (secondary N) is 1. The van der Waals surface area contributed by atoms with Gasteiger partial charge in [0.2, 0.25) is 6.79 Å². The number of aromatic nitrogens is 1. The van der Waals surface area contributed by atoms with Gasteiger partial charge >= 0.3 is 0 Å². The van der Waals surface area contributed by atoms with Crippen LogP contribution < -0.4 is 24.4 Å². The van der Waals surface area contributed by atoms with E-state index in [0.29, 0.717) is 22.9 Å². The van der Waals surface area contributed by atoms with Gasteiger partial charge in [-0.25, -0.2) is 4.98 Å². The second kappa shape index (κ2) is 7.50. The average Bonchev–Trinajstić information content (AvgIpc) is 3.43. The van der Waals surface area contributed by atoms with Crippen molar-refractivity contribution in [1.82, 2.24) is 4.98 Å². The Bertz CT molecular complexity index is 1060. The Kier molecular flexibility index (Phi) is 4.56. The van der Waals surface area contributed by atoms with Gasteiger partial charge in [-0.3, -0.25) is 4.79 Å². The number of hydrogen-bond donors (Lipinski definition) is 1. The lowest BCUT2D eigenvalue weighted by atomic mass is 10.2. The minimum absolute atomic E-state index is 0.108. The number of fused-ring (bicyclic) bond motifs is 2. The molecule has 7 nitrogen and oxygen atoms in total. The first-order valence-electron chi connectivity index (χ1n) is 9.73. The fourth-order valence-electron chi connectivity index (χ4n) is 3.66. The topological polar surface area (TPSA) is 72.9 Å². The van der Waals surface area contributed by atoms with Crippen molar-refractivity contribution in [2.45, 2.75) is 12.8 Å². The van der Waals surface area contributed by atoms with E-state index in [1.54, 1.807) is 18.2 Å².